The van der Waals surface area contributed by atoms with Crippen LogP contribution in [0.1, 0.15) is 104 Å². The summed E-state index contributed by atoms with van der Waals surface area (Å²) in [5.41, 5.74) is 0. The van der Waals surface area contributed by atoms with Crippen molar-refractivity contribution in [2.24, 2.45) is 0 Å². The van der Waals surface area contributed by atoms with Gasteiger partial charge in [0, 0.05) is 6.04 Å². The molecule has 0 aliphatic heterocycles. The Bertz CT molecular complexity index is 182. The van der Waals surface area contributed by atoms with Crippen LogP contribution in [0.25, 0.3) is 0 Å². The van der Waals surface area contributed by atoms with Crippen LogP contribution in [0.5, 0.6) is 0 Å². The standard InChI is InChI=1S/C19H41N.BrH/c1-5-6-7-8-9-10-11-12-13-14-15-16-17-18-19(2)20(3)4;/h19H,5-18H2,1-4H3;1H. The monoisotopic (exact) mass is 363 g/mol. The molecule has 0 amide bonds. The van der Waals surface area contributed by atoms with Gasteiger partial charge in [0.2, 0.25) is 0 Å². The molecule has 1 atom stereocenters. The minimum atomic E-state index is 0. The van der Waals surface area contributed by atoms with Gasteiger partial charge in [0.25, 0.3) is 0 Å². The molecule has 1 nitrogen and oxygen atoms in total. The number of nitrogens with zero attached hydrogens (tertiary/aromatic N) is 1. The average molecular weight is 364 g/mol. The van der Waals surface area contributed by atoms with E-state index in [1.165, 1.54) is 89.9 Å². The third-order valence-electron chi connectivity index (χ3n) is 4.61. The Morgan fingerprint density at radius 3 is 1.29 bits per heavy atom. The van der Waals surface area contributed by atoms with E-state index in [4.69, 9.17) is 0 Å². The smallest absolute Gasteiger partial charge is 0.00608 e. The van der Waals surface area contributed by atoms with Crippen LogP contribution in [-0.4, -0.2) is 25.0 Å². The zero-order valence-electron chi connectivity index (χ0n) is 15.3. The van der Waals surface area contributed by atoms with E-state index in [9.17, 15) is 0 Å². The van der Waals surface area contributed by atoms with E-state index < -0.39 is 0 Å². The largest absolute Gasteiger partial charge is 0.307 e. The molecule has 0 bridgehead atoms. The van der Waals surface area contributed by atoms with Gasteiger partial charge in [-0.05, 0) is 27.4 Å². The maximum absolute atomic E-state index is 2.33. The Labute approximate surface area is 146 Å². The molecular formula is C19H42BrN. The molecule has 0 spiro atoms. The zero-order valence-corrected chi connectivity index (χ0v) is 17.0. The second-order valence-electron chi connectivity index (χ2n) is 6.84. The van der Waals surface area contributed by atoms with Crippen molar-refractivity contribution in [2.45, 2.75) is 110 Å². The highest BCUT2D eigenvalue weighted by Crippen LogP contribution is 2.13. The first-order valence-electron chi connectivity index (χ1n) is 9.35. The summed E-state index contributed by atoms with van der Waals surface area (Å²) in [6.45, 7) is 4.63. The number of hydrogen-bond acceptors (Lipinski definition) is 1. The first-order valence-corrected chi connectivity index (χ1v) is 9.35. The van der Waals surface area contributed by atoms with E-state index in [1.807, 2.05) is 0 Å². The normalized spacial score (nSPS) is 12.4. The summed E-state index contributed by atoms with van der Waals surface area (Å²) in [4.78, 5) is 2.33. The molecule has 0 N–H and O–H groups in total. The molecule has 0 saturated heterocycles. The van der Waals surface area contributed by atoms with E-state index in [1.54, 1.807) is 0 Å². The fourth-order valence-electron chi connectivity index (χ4n) is 2.72. The van der Waals surface area contributed by atoms with Crippen molar-refractivity contribution in [1.29, 1.82) is 0 Å². The van der Waals surface area contributed by atoms with Crippen molar-refractivity contribution >= 4 is 17.0 Å². The van der Waals surface area contributed by atoms with Crippen LogP contribution in [0.15, 0.2) is 0 Å². The van der Waals surface area contributed by atoms with Crippen LogP contribution in [0, 0.1) is 0 Å². The lowest BCUT2D eigenvalue weighted by atomic mass is 10.0. The van der Waals surface area contributed by atoms with Gasteiger partial charge in [0.05, 0.1) is 0 Å². The number of hydrogen-bond donors (Lipinski definition) is 0. The van der Waals surface area contributed by atoms with E-state index >= 15 is 0 Å². The lowest BCUT2D eigenvalue weighted by Crippen LogP contribution is -2.24. The highest BCUT2D eigenvalue weighted by molar-refractivity contribution is 8.93. The molecule has 0 aromatic carbocycles. The fraction of sp³-hybridized carbons (Fsp3) is 1.00. The van der Waals surface area contributed by atoms with Crippen LogP contribution in [-0.2, 0) is 0 Å². The number of rotatable bonds is 15. The molecular weight excluding hydrogens is 322 g/mol. The maximum atomic E-state index is 2.33. The van der Waals surface area contributed by atoms with Crippen LogP contribution in [0.4, 0.5) is 0 Å². The fourth-order valence-corrected chi connectivity index (χ4v) is 2.72. The van der Waals surface area contributed by atoms with Crippen molar-refractivity contribution < 1.29 is 0 Å². The second-order valence-corrected chi connectivity index (χ2v) is 6.84. The third-order valence-corrected chi connectivity index (χ3v) is 4.61. The highest BCUT2D eigenvalue weighted by atomic mass is 79.9. The third kappa shape index (κ3) is 18.4. The molecule has 0 aromatic heterocycles. The molecule has 0 aliphatic carbocycles. The zero-order chi connectivity index (χ0) is 15.1. The molecule has 0 heterocycles. The molecule has 0 rings (SSSR count). The summed E-state index contributed by atoms with van der Waals surface area (Å²) >= 11 is 0. The van der Waals surface area contributed by atoms with E-state index in [0.717, 1.165) is 6.04 Å². The van der Waals surface area contributed by atoms with Gasteiger partial charge in [0.1, 0.15) is 0 Å². The Morgan fingerprint density at radius 1 is 0.619 bits per heavy atom. The molecule has 0 radical (unpaired) electrons. The molecule has 2 heteroatoms. The van der Waals surface area contributed by atoms with Gasteiger partial charge in [-0.15, -0.1) is 17.0 Å². The van der Waals surface area contributed by atoms with Gasteiger partial charge < -0.3 is 4.90 Å². The summed E-state index contributed by atoms with van der Waals surface area (Å²) in [5, 5.41) is 0. The predicted octanol–water partition coefficient (Wildman–Crippen LogP) is 7.00. The van der Waals surface area contributed by atoms with Crippen molar-refractivity contribution in [3.8, 4) is 0 Å². The first-order chi connectivity index (χ1) is 9.68. The first kappa shape index (κ1) is 23.7. The number of halogens is 1. The van der Waals surface area contributed by atoms with Gasteiger partial charge in [0.15, 0.2) is 0 Å². The summed E-state index contributed by atoms with van der Waals surface area (Å²) in [7, 11) is 4.37. The van der Waals surface area contributed by atoms with Crippen molar-refractivity contribution in [3.05, 3.63) is 0 Å². The topological polar surface area (TPSA) is 3.24 Å². The van der Waals surface area contributed by atoms with Crippen LogP contribution >= 0.6 is 17.0 Å². The Kier molecular flexibility index (Phi) is 20.9. The van der Waals surface area contributed by atoms with Crippen molar-refractivity contribution in [2.75, 3.05) is 14.1 Å². The molecule has 0 aromatic rings. The molecule has 1 unspecified atom stereocenters. The Balaban J connectivity index is 0. The lowest BCUT2D eigenvalue weighted by Gasteiger charge is -2.19. The van der Waals surface area contributed by atoms with E-state index in [-0.39, 0.29) is 17.0 Å². The Hall–Kier alpha value is 0.440. The Morgan fingerprint density at radius 2 is 0.952 bits per heavy atom. The summed E-state index contributed by atoms with van der Waals surface area (Å²) in [6, 6.07) is 0.753. The van der Waals surface area contributed by atoms with Crippen LogP contribution in [0.3, 0.4) is 0 Å². The molecule has 0 aliphatic rings. The van der Waals surface area contributed by atoms with E-state index in [0.29, 0.717) is 0 Å². The summed E-state index contributed by atoms with van der Waals surface area (Å²) < 4.78 is 0. The minimum absolute atomic E-state index is 0. The summed E-state index contributed by atoms with van der Waals surface area (Å²) in [5.74, 6) is 0. The second kappa shape index (κ2) is 18.5. The summed E-state index contributed by atoms with van der Waals surface area (Å²) in [6.07, 6.45) is 20.2. The average Bonchev–Trinajstić information content (AvgIpc) is 2.43. The van der Waals surface area contributed by atoms with Crippen LogP contribution < -0.4 is 0 Å². The minimum Gasteiger partial charge on any atom is -0.307 e. The van der Waals surface area contributed by atoms with Crippen molar-refractivity contribution in [3.63, 3.8) is 0 Å². The van der Waals surface area contributed by atoms with Gasteiger partial charge in [-0.2, -0.15) is 0 Å². The molecule has 0 fully saturated rings. The van der Waals surface area contributed by atoms with Crippen LogP contribution in [0.2, 0.25) is 0 Å². The quantitative estimate of drug-likeness (QED) is 0.283. The highest BCUT2D eigenvalue weighted by Gasteiger charge is 2.02. The lowest BCUT2D eigenvalue weighted by molar-refractivity contribution is 0.291. The number of unbranched alkanes of at least 4 members (excludes halogenated alkanes) is 12. The molecule has 130 valence electrons. The maximum Gasteiger partial charge on any atom is 0.00608 e. The molecule has 21 heavy (non-hydrogen) atoms. The van der Waals surface area contributed by atoms with Gasteiger partial charge >= 0.3 is 0 Å². The van der Waals surface area contributed by atoms with Gasteiger partial charge in [-0.25, -0.2) is 0 Å². The molecule has 0 saturated carbocycles. The van der Waals surface area contributed by atoms with E-state index in [2.05, 4.69) is 32.8 Å². The van der Waals surface area contributed by atoms with Gasteiger partial charge in [-0.3, -0.25) is 0 Å². The van der Waals surface area contributed by atoms with Gasteiger partial charge in [-0.1, -0.05) is 90.4 Å². The van der Waals surface area contributed by atoms with Crippen molar-refractivity contribution in [1.82, 2.24) is 4.90 Å². The SMILES string of the molecule is Br.CCCCCCCCCCCCCCCC(C)N(C)C. The predicted molar refractivity (Wildman–Crippen MR) is 104 cm³/mol.